The zero-order valence-corrected chi connectivity index (χ0v) is 18.6. The van der Waals surface area contributed by atoms with Crippen molar-refractivity contribution in [3.05, 3.63) is 87.6 Å². The van der Waals surface area contributed by atoms with Crippen molar-refractivity contribution in [3.8, 4) is 29.4 Å². The second-order valence-corrected chi connectivity index (χ2v) is 8.15. The quantitative estimate of drug-likeness (QED) is 0.300. The molecular weight excluding hydrogens is 422 g/mol. The predicted octanol–water partition coefficient (Wildman–Crippen LogP) is 5.30. The van der Waals surface area contributed by atoms with E-state index < -0.39 is 0 Å². The molecule has 0 saturated heterocycles. The van der Waals surface area contributed by atoms with Crippen molar-refractivity contribution in [2.75, 3.05) is 6.61 Å². The van der Waals surface area contributed by atoms with Crippen molar-refractivity contribution < 1.29 is 4.74 Å². The zero-order chi connectivity index (χ0) is 22.7. The molecule has 6 heteroatoms. The average molecular weight is 444 g/mol. The summed E-state index contributed by atoms with van der Waals surface area (Å²) in [6.07, 6.45) is 6.96. The smallest absolute Gasteiger partial charge is 0.348 e. The fraction of sp³-hybridized carbons (Fsp3) is 0.192. The van der Waals surface area contributed by atoms with Crippen LogP contribution in [0.25, 0.3) is 22.2 Å². The van der Waals surface area contributed by atoms with Crippen molar-refractivity contribution >= 4 is 22.5 Å². The van der Waals surface area contributed by atoms with Gasteiger partial charge in [0.1, 0.15) is 17.5 Å². The van der Waals surface area contributed by atoms with Crippen LogP contribution in [-0.4, -0.2) is 21.1 Å². The summed E-state index contributed by atoms with van der Waals surface area (Å²) in [6, 6.07) is 17.2. The number of halogens is 1. The maximum atomic E-state index is 13.1. The molecule has 0 atom stereocenters. The van der Waals surface area contributed by atoms with Gasteiger partial charge in [0.2, 0.25) is 0 Å². The van der Waals surface area contributed by atoms with E-state index in [1.807, 2.05) is 30.3 Å². The largest absolute Gasteiger partial charge is 0.481 e. The number of terminal acetylenes is 1. The van der Waals surface area contributed by atoms with Crippen LogP contribution in [0.15, 0.2) is 65.6 Å². The number of nitrogens with zero attached hydrogens (tertiary/aromatic N) is 3. The normalized spacial score (nSPS) is 11.0. The number of benzene rings is 2. The number of ether oxygens (including phenoxy) is 1. The highest BCUT2D eigenvalue weighted by atomic mass is 35.5. The van der Waals surface area contributed by atoms with Crippen LogP contribution in [-0.2, 0) is 6.54 Å². The Morgan fingerprint density at radius 1 is 1.12 bits per heavy atom. The van der Waals surface area contributed by atoms with Gasteiger partial charge in [-0.3, -0.25) is 4.57 Å². The van der Waals surface area contributed by atoms with E-state index in [4.69, 9.17) is 22.8 Å². The first-order valence-corrected chi connectivity index (χ1v) is 10.7. The molecule has 0 spiro atoms. The first-order valence-electron chi connectivity index (χ1n) is 10.3. The molecule has 2 aromatic heterocycles. The van der Waals surface area contributed by atoms with Gasteiger partial charge >= 0.3 is 5.69 Å². The molecule has 0 aliphatic heterocycles. The van der Waals surface area contributed by atoms with E-state index in [-0.39, 0.29) is 12.3 Å². The van der Waals surface area contributed by atoms with Crippen molar-refractivity contribution in [1.29, 1.82) is 0 Å². The highest BCUT2D eigenvalue weighted by Crippen LogP contribution is 2.30. The van der Waals surface area contributed by atoms with Crippen LogP contribution >= 0.6 is 11.6 Å². The average Bonchev–Trinajstić information content (AvgIpc) is 2.79. The number of fused-ring (bicyclic) bond motifs is 1. The summed E-state index contributed by atoms with van der Waals surface area (Å²) < 4.78 is 7.25. The van der Waals surface area contributed by atoms with Gasteiger partial charge in [-0.1, -0.05) is 55.6 Å². The van der Waals surface area contributed by atoms with E-state index in [1.54, 1.807) is 22.9 Å². The van der Waals surface area contributed by atoms with Gasteiger partial charge in [-0.2, -0.15) is 4.98 Å². The molecule has 5 nitrogen and oxygen atoms in total. The Morgan fingerprint density at radius 2 is 1.91 bits per heavy atom. The lowest BCUT2D eigenvalue weighted by atomic mass is 9.99. The van der Waals surface area contributed by atoms with Crippen LogP contribution in [0.2, 0.25) is 5.15 Å². The van der Waals surface area contributed by atoms with Crippen LogP contribution < -0.4 is 10.4 Å². The van der Waals surface area contributed by atoms with Gasteiger partial charge in [-0.15, -0.1) is 6.42 Å². The number of pyridine rings is 1. The van der Waals surface area contributed by atoms with Gasteiger partial charge in [0.05, 0.1) is 17.8 Å². The Labute approximate surface area is 191 Å². The predicted molar refractivity (Wildman–Crippen MR) is 128 cm³/mol. The molecule has 32 heavy (non-hydrogen) atoms. The molecule has 4 rings (SSSR count). The molecule has 0 unspecified atom stereocenters. The molecule has 0 radical (unpaired) electrons. The van der Waals surface area contributed by atoms with Gasteiger partial charge in [-0.05, 0) is 47.4 Å². The zero-order valence-electron chi connectivity index (χ0n) is 17.9. The molecule has 2 heterocycles. The summed E-state index contributed by atoms with van der Waals surface area (Å²) in [5.41, 5.74) is 3.95. The summed E-state index contributed by atoms with van der Waals surface area (Å²) in [4.78, 5) is 21.6. The number of hydrogen-bond donors (Lipinski definition) is 0. The minimum absolute atomic E-state index is 0.159. The van der Waals surface area contributed by atoms with Gasteiger partial charge in [-0.25, -0.2) is 9.78 Å². The molecular formula is C26H22ClN3O2. The van der Waals surface area contributed by atoms with Crippen molar-refractivity contribution in [1.82, 2.24) is 14.5 Å². The second-order valence-electron chi connectivity index (χ2n) is 7.76. The highest BCUT2D eigenvalue weighted by Gasteiger charge is 2.14. The van der Waals surface area contributed by atoms with Crippen LogP contribution in [0.1, 0.15) is 30.9 Å². The third kappa shape index (κ3) is 4.51. The first kappa shape index (κ1) is 21.6. The number of aromatic nitrogens is 3. The first-order chi connectivity index (χ1) is 15.5. The Hall–Kier alpha value is -3.62. The SMILES string of the molecule is C#CCOc1ccc2c(c1)c(-c1ccc(C(C)C)cc1)nc(=O)n2Cc1ccnc(Cl)c1. The third-order valence-corrected chi connectivity index (χ3v) is 5.46. The minimum Gasteiger partial charge on any atom is -0.481 e. The fourth-order valence-corrected chi connectivity index (χ4v) is 3.79. The number of rotatable bonds is 6. The lowest BCUT2D eigenvalue weighted by Crippen LogP contribution is -2.24. The topological polar surface area (TPSA) is 57.0 Å². The molecule has 160 valence electrons. The minimum atomic E-state index is -0.342. The summed E-state index contributed by atoms with van der Waals surface area (Å²) in [6.45, 7) is 4.77. The standard InChI is InChI=1S/C26H22ClN3O2/c1-4-13-32-21-9-10-23-22(15-21)25(20-7-5-19(6-8-20)17(2)3)29-26(31)30(23)16-18-11-12-28-24(27)14-18/h1,5-12,14-15,17H,13,16H2,2-3H3. The summed E-state index contributed by atoms with van der Waals surface area (Å²) in [5, 5.41) is 1.18. The Morgan fingerprint density at radius 3 is 2.59 bits per heavy atom. The second kappa shape index (κ2) is 9.25. The molecule has 0 amide bonds. The van der Waals surface area contributed by atoms with Crippen LogP contribution in [0.3, 0.4) is 0 Å². The maximum Gasteiger partial charge on any atom is 0.348 e. The molecule has 4 aromatic rings. The van der Waals surface area contributed by atoms with E-state index in [1.165, 1.54) is 5.56 Å². The van der Waals surface area contributed by atoms with Gasteiger partial charge in [0.25, 0.3) is 0 Å². The van der Waals surface area contributed by atoms with Gasteiger partial charge in [0.15, 0.2) is 0 Å². The van der Waals surface area contributed by atoms with Crippen LogP contribution in [0, 0.1) is 12.3 Å². The van der Waals surface area contributed by atoms with E-state index in [9.17, 15) is 4.79 Å². The van der Waals surface area contributed by atoms with E-state index >= 15 is 0 Å². The van der Waals surface area contributed by atoms with Crippen LogP contribution in [0.5, 0.6) is 5.75 Å². The van der Waals surface area contributed by atoms with Gasteiger partial charge in [0, 0.05) is 17.1 Å². The summed E-state index contributed by atoms with van der Waals surface area (Å²) in [5.74, 6) is 3.51. The van der Waals surface area contributed by atoms with E-state index in [0.717, 1.165) is 22.0 Å². The Kier molecular flexibility index (Phi) is 6.25. The van der Waals surface area contributed by atoms with Gasteiger partial charge < -0.3 is 4.74 Å². The third-order valence-electron chi connectivity index (χ3n) is 5.26. The van der Waals surface area contributed by atoms with E-state index in [2.05, 4.69) is 41.9 Å². The molecule has 0 aliphatic carbocycles. The molecule has 2 aromatic carbocycles. The lowest BCUT2D eigenvalue weighted by molar-refractivity contribution is 0.371. The molecule has 0 N–H and O–H groups in total. The Balaban J connectivity index is 1.89. The van der Waals surface area contributed by atoms with Crippen molar-refractivity contribution in [3.63, 3.8) is 0 Å². The molecule has 0 aliphatic rings. The van der Waals surface area contributed by atoms with E-state index in [0.29, 0.717) is 29.1 Å². The number of hydrogen-bond acceptors (Lipinski definition) is 4. The van der Waals surface area contributed by atoms with Crippen molar-refractivity contribution in [2.45, 2.75) is 26.3 Å². The monoisotopic (exact) mass is 443 g/mol. The highest BCUT2D eigenvalue weighted by molar-refractivity contribution is 6.29. The van der Waals surface area contributed by atoms with Crippen LogP contribution in [0.4, 0.5) is 0 Å². The fourth-order valence-electron chi connectivity index (χ4n) is 3.60. The molecule has 0 saturated carbocycles. The summed E-state index contributed by atoms with van der Waals surface area (Å²) >= 11 is 6.03. The summed E-state index contributed by atoms with van der Waals surface area (Å²) in [7, 11) is 0. The molecule has 0 fully saturated rings. The lowest BCUT2D eigenvalue weighted by Gasteiger charge is -2.15. The van der Waals surface area contributed by atoms with Crippen molar-refractivity contribution in [2.24, 2.45) is 0 Å². The molecule has 0 bridgehead atoms. The maximum absolute atomic E-state index is 13.1. The Bertz CT molecular complexity index is 1370.